The maximum absolute atomic E-state index is 14.0. The van der Waals surface area contributed by atoms with E-state index in [1.54, 1.807) is 6.07 Å². The van der Waals surface area contributed by atoms with Gasteiger partial charge in [0.15, 0.2) is 0 Å². The molecule has 0 aliphatic carbocycles. The monoisotopic (exact) mass is 268 g/mol. The van der Waals surface area contributed by atoms with Crippen LogP contribution in [-0.4, -0.2) is 31.1 Å². The molecule has 2 nitrogen and oxygen atoms in total. The van der Waals surface area contributed by atoms with Crippen molar-refractivity contribution < 1.29 is 8.78 Å². The van der Waals surface area contributed by atoms with Gasteiger partial charge in [-0.25, -0.2) is 8.78 Å². The third kappa shape index (κ3) is 3.74. The van der Waals surface area contributed by atoms with E-state index in [4.69, 9.17) is 0 Å². The second kappa shape index (κ2) is 6.44. The number of hydrogen-bond acceptors (Lipinski definition) is 2. The molecule has 1 atom stereocenters. The fourth-order valence-corrected chi connectivity index (χ4v) is 2.68. The predicted molar refractivity (Wildman–Crippen MR) is 73.0 cm³/mol. The minimum absolute atomic E-state index is 0.0442. The Kier molecular flexibility index (Phi) is 4.88. The molecule has 0 aromatic heterocycles. The van der Waals surface area contributed by atoms with Crippen molar-refractivity contribution in [3.63, 3.8) is 0 Å². The van der Waals surface area contributed by atoms with E-state index in [1.165, 1.54) is 6.07 Å². The Bertz CT molecular complexity index is 415. The van der Waals surface area contributed by atoms with Crippen LogP contribution in [0.5, 0.6) is 0 Å². The van der Waals surface area contributed by atoms with Crippen molar-refractivity contribution >= 4 is 0 Å². The summed E-state index contributed by atoms with van der Waals surface area (Å²) in [5.41, 5.74) is 0.622. The summed E-state index contributed by atoms with van der Waals surface area (Å²) in [5, 5.41) is 3.30. The maximum Gasteiger partial charge on any atom is 0.130 e. The van der Waals surface area contributed by atoms with E-state index in [1.807, 2.05) is 0 Å². The highest BCUT2D eigenvalue weighted by Crippen LogP contribution is 2.30. The highest BCUT2D eigenvalue weighted by Gasteiger charge is 2.25. The van der Waals surface area contributed by atoms with Gasteiger partial charge >= 0.3 is 0 Å². The minimum Gasteiger partial charge on any atom is -0.314 e. The largest absolute Gasteiger partial charge is 0.314 e. The molecule has 0 bridgehead atoms. The van der Waals surface area contributed by atoms with Gasteiger partial charge in [-0.2, -0.15) is 0 Å². The summed E-state index contributed by atoms with van der Waals surface area (Å²) in [4.78, 5) is 2.30. The molecule has 1 N–H and O–H groups in total. The number of nitrogens with one attached hydrogen (secondary N) is 1. The van der Waals surface area contributed by atoms with Gasteiger partial charge in [0.25, 0.3) is 0 Å². The van der Waals surface area contributed by atoms with Crippen LogP contribution in [0.3, 0.4) is 0 Å². The summed E-state index contributed by atoms with van der Waals surface area (Å²) in [7, 11) is 0. The fraction of sp³-hybridized carbons (Fsp3) is 0.600. The molecule has 0 radical (unpaired) electrons. The predicted octanol–water partition coefficient (Wildman–Crippen LogP) is 2.96. The third-order valence-electron chi connectivity index (χ3n) is 3.61. The Morgan fingerprint density at radius 1 is 1.21 bits per heavy atom. The van der Waals surface area contributed by atoms with Crippen LogP contribution in [0.1, 0.15) is 31.9 Å². The van der Waals surface area contributed by atoms with Crippen LogP contribution in [0.15, 0.2) is 18.2 Å². The number of rotatable bonds is 4. The van der Waals surface area contributed by atoms with Crippen molar-refractivity contribution in [2.45, 2.75) is 26.3 Å². The lowest BCUT2D eigenvalue weighted by atomic mass is 9.94. The lowest BCUT2D eigenvalue weighted by Gasteiger charge is -2.36. The molecule has 1 heterocycles. The average Bonchev–Trinajstić information content (AvgIpc) is 2.37. The maximum atomic E-state index is 14.0. The van der Waals surface area contributed by atoms with Crippen LogP contribution in [0.25, 0.3) is 0 Å². The van der Waals surface area contributed by atoms with Gasteiger partial charge in [-0.1, -0.05) is 19.9 Å². The van der Waals surface area contributed by atoms with E-state index < -0.39 is 11.6 Å². The van der Waals surface area contributed by atoms with E-state index in [9.17, 15) is 8.78 Å². The normalized spacial score (nSPS) is 18.8. The van der Waals surface area contributed by atoms with E-state index >= 15 is 0 Å². The van der Waals surface area contributed by atoms with Crippen LogP contribution in [0.2, 0.25) is 0 Å². The van der Waals surface area contributed by atoms with Crippen LogP contribution in [0, 0.1) is 17.6 Å². The Hall–Kier alpha value is -1.00. The lowest BCUT2D eigenvalue weighted by molar-refractivity contribution is 0.151. The molecule has 4 heteroatoms. The summed E-state index contributed by atoms with van der Waals surface area (Å²) in [6, 6.07) is 3.99. The number of hydrogen-bond donors (Lipinski definition) is 1. The highest BCUT2D eigenvalue weighted by molar-refractivity contribution is 5.22. The molecule has 2 rings (SSSR count). The van der Waals surface area contributed by atoms with Gasteiger partial charge in [0.2, 0.25) is 0 Å². The van der Waals surface area contributed by atoms with Gasteiger partial charge in [0.05, 0.1) is 0 Å². The zero-order chi connectivity index (χ0) is 13.8. The molecule has 0 spiro atoms. The molecule has 1 aromatic carbocycles. The van der Waals surface area contributed by atoms with Gasteiger partial charge in [0, 0.05) is 43.9 Å². The first kappa shape index (κ1) is 14.4. The Labute approximate surface area is 113 Å². The van der Waals surface area contributed by atoms with E-state index in [0.717, 1.165) is 38.7 Å². The van der Waals surface area contributed by atoms with E-state index in [0.29, 0.717) is 11.5 Å². The van der Waals surface area contributed by atoms with Crippen molar-refractivity contribution in [2.24, 2.45) is 5.92 Å². The number of benzene rings is 1. The summed E-state index contributed by atoms with van der Waals surface area (Å²) in [6.45, 7) is 7.95. The third-order valence-corrected chi connectivity index (χ3v) is 3.61. The molecule has 106 valence electrons. The summed E-state index contributed by atoms with van der Waals surface area (Å²) in [5.74, 6) is -0.460. The molecule has 1 aliphatic heterocycles. The van der Waals surface area contributed by atoms with Crippen LogP contribution in [-0.2, 0) is 0 Å². The molecule has 1 aromatic rings. The van der Waals surface area contributed by atoms with Gasteiger partial charge in [-0.15, -0.1) is 0 Å². The van der Waals surface area contributed by atoms with Crippen LogP contribution in [0.4, 0.5) is 8.78 Å². The smallest absolute Gasteiger partial charge is 0.130 e. The zero-order valence-corrected chi connectivity index (χ0v) is 11.6. The molecule has 1 unspecified atom stereocenters. The number of halogens is 2. The SMILES string of the molecule is CC(C)CC(c1ccc(F)cc1F)N1CCNCC1. The zero-order valence-electron chi connectivity index (χ0n) is 11.6. The van der Waals surface area contributed by atoms with Crippen molar-refractivity contribution in [1.29, 1.82) is 0 Å². The highest BCUT2D eigenvalue weighted by atomic mass is 19.1. The van der Waals surface area contributed by atoms with Crippen LogP contribution < -0.4 is 5.32 Å². The first-order valence-corrected chi connectivity index (χ1v) is 6.97. The summed E-state index contributed by atoms with van der Waals surface area (Å²) < 4.78 is 27.1. The Morgan fingerprint density at radius 2 is 1.89 bits per heavy atom. The van der Waals surface area contributed by atoms with Gasteiger partial charge < -0.3 is 5.32 Å². The summed E-state index contributed by atoms with van der Waals surface area (Å²) in [6.07, 6.45) is 0.891. The Morgan fingerprint density at radius 3 is 2.47 bits per heavy atom. The van der Waals surface area contributed by atoms with Crippen molar-refractivity contribution in [3.05, 3.63) is 35.4 Å². The summed E-state index contributed by atoms with van der Waals surface area (Å²) >= 11 is 0. The van der Waals surface area contributed by atoms with E-state index in [2.05, 4.69) is 24.1 Å². The molecule has 0 amide bonds. The van der Waals surface area contributed by atoms with Gasteiger partial charge in [0.1, 0.15) is 11.6 Å². The van der Waals surface area contributed by atoms with Crippen molar-refractivity contribution in [3.8, 4) is 0 Å². The number of nitrogens with zero attached hydrogens (tertiary/aromatic N) is 1. The Balaban J connectivity index is 2.25. The van der Waals surface area contributed by atoms with Crippen molar-refractivity contribution in [2.75, 3.05) is 26.2 Å². The molecule has 19 heavy (non-hydrogen) atoms. The topological polar surface area (TPSA) is 15.3 Å². The molecular weight excluding hydrogens is 246 g/mol. The van der Waals surface area contributed by atoms with Crippen molar-refractivity contribution in [1.82, 2.24) is 10.2 Å². The standard InChI is InChI=1S/C15H22F2N2/c1-11(2)9-15(19-7-5-18-6-8-19)13-4-3-12(16)10-14(13)17/h3-4,10-11,15,18H,5-9H2,1-2H3. The number of piperazine rings is 1. The molecule has 1 saturated heterocycles. The first-order chi connectivity index (χ1) is 9.08. The van der Waals surface area contributed by atoms with Gasteiger partial charge in [-0.05, 0) is 18.4 Å². The van der Waals surface area contributed by atoms with E-state index in [-0.39, 0.29) is 6.04 Å². The average molecular weight is 268 g/mol. The minimum atomic E-state index is -0.509. The second-order valence-corrected chi connectivity index (χ2v) is 5.60. The quantitative estimate of drug-likeness (QED) is 0.903. The first-order valence-electron chi connectivity index (χ1n) is 6.97. The fourth-order valence-electron chi connectivity index (χ4n) is 2.68. The van der Waals surface area contributed by atoms with Gasteiger partial charge in [-0.3, -0.25) is 4.90 Å². The lowest BCUT2D eigenvalue weighted by Crippen LogP contribution is -2.45. The molecule has 1 fully saturated rings. The van der Waals surface area contributed by atoms with Crippen LogP contribution >= 0.6 is 0 Å². The molecule has 0 saturated carbocycles. The molecular formula is C15H22F2N2. The molecule has 1 aliphatic rings. The second-order valence-electron chi connectivity index (χ2n) is 5.60.